The predicted molar refractivity (Wildman–Crippen MR) is 67.4 cm³/mol. The zero-order valence-electron chi connectivity index (χ0n) is 9.37. The minimum absolute atomic E-state index is 0.370. The molecule has 1 aromatic carbocycles. The summed E-state index contributed by atoms with van der Waals surface area (Å²) in [5.74, 6) is 2.31. The van der Waals surface area contributed by atoms with Crippen LogP contribution in [0.1, 0.15) is 18.4 Å². The van der Waals surface area contributed by atoms with Crippen molar-refractivity contribution in [1.82, 2.24) is 5.32 Å². The SMILES string of the molecule is c1cc2c(cc1OC1CCNC1)CCCS2. The Balaban J connectivity index is 1.74. The number of hydrogen-bond donors (Lipinski definition) is 1. The molecule has 0 radical (unpaired) electrons. The zero-order valence-corrected chi connectivity index (χ0v) is 10.2. The summed E-state index contributed by atoms with van der Waals surface area (Å²) in [6.07, 6.45) is 4.01. The van der Waals surface area contributed by atoms with E-state index in [4.69, 9.17) is 4.74 Å². The first-order valence-corrected chi connectivity index (χ1v) is 7.03. The van der Waals surface area contributed by atoms with Gasteiger partial charge in [0.2, 0.25) is 0 Å². The van der Waals surface area contributed by atoms with Gasteiger partial charge < -0.3 is 10.1 Å². The molecule has 3 heteroatoms. The van der Waals surface area contributed by atoms with Gasteiger partial charge in [-0.05, 0) is 55.3 Å². The Bertz CT molecular complexity index is 374. The number of rotatable bonds is 2. The van der Waals surface area contributed by atoms with Crippen molar-refractivity contribution < 1.29 is 4.74 Å². The summed E-state index contributed by atoms with van der Waals surface area (Å²) in [6.45, 7) is 2.08. The fourth-order valence-corrected chi connectivity index (χ4v) is 3.35. The van der Waals surface area contributed by atoms with Crippen LogP contribution in [0.4, 0.5) is 0 Å². The van der Waals surface area contributed by atoms with Gasteiger partial charge in [0, 0.05) is 11.4 Å². The summed E-state index contributed by atoms with van der Waals surface area (Å²) >= 11 is 1.97. The summed E-state index contributed by atoms with van der Waals surface area (Å²) in [5.41, 5.74) is 1.47. The first-order chi connectivity index (χ1) is 7.92. The van der Waals surface area contributed by atoms with Crippen LogP contribution < -0.4 is 10.1 Å². The second kappa shape index (κ2) is 4.68. The minimum atomic E-state index is 0.370. The highest BCUT2D eigenvalue weighted by Gasteiger charge is 2.17. The van der Waals surface area contributed by atoms with Gasteiger partial charge in [-0.25, -0.2) is 0 Å². The molecule has 1 saturated heterocycles. The van der Waals surface area contributed by atoms with Crippen LogP contribution in [0.15, 0.2) is 23.1 Å². The van der Waals surface area contributed by atoms with E-state index in [1.165, 1.54) is 29.1 Å². The summed E-state index contributed by atoms with van der Waals surface area (Å²) in [5, 5.41) is 3.33. The van der Waals surface area contributed by atoms with Crippen molar-refractivity contribution in [3.05, 3.63) is 23.8 Å². The van der Waals surface area contributed by atoms with Crippen molar-refractivity contribution in [1.29, 1.82) is 0 Å². The van der Waals surface area contributed by atoms with Crippen molar-refractivity contribution in [2.24, 2.45) is 0 Å². The maximum Gasteiger partial charge on any atom is 0.120 e. The van der Waals surface area contributed by atoms with Crippen LogP contribution in [0, 0.1) is 0 Å². The molecule has 3 rings (SSSR count). The lowest BCUT2D eigenvalue weighted by atomic mass is 10.1. The molecule has 1 fully saturated rings. The van der Waals surface area contributed by atoms with Crippen molar-refractivity contribution >= 4 is 11.8 Å². The van der Waals surface area contributed by atoms with E-state index >= 15 is 0 Å². The number of thioether (sulfide) groups is 1. The molecule has 2 aliphatic rings. The van der Waals surface area contributed by atoms with Gasteiger partial charge in [-0.3, -0.25) is 0 Å². The number of nitrogens with one attached hydrogen (secondary N) is 1. The van der Waals surface area contributed by atoms with Crippen LogP contribution in [0.3, 0.4) is 0 Å². The molecule has 1 N–H and O–H groups in total. The minimum Gasteiger partial charge on any atom is -0.489 e. The van der Waals surface area contributed by atoms with Gasteiger partial charge in [0.05, 0.1) is 0 Å². The van der Waals surface area contributed by atoms with E-state index in [0.29, 0.717) is 6.10 Å². The van der Waals surface area contributed by atoms with Gasteiger partial charge in [0.25, 0.3) is 0 Å². The highest BCUT2D eigenvalue weighted by Crippen LogP contribution is 2.32. The highest BCUT2D eigenvalue weighted by atomic mass is 32.2. The van der Waals surface area contributed by atoms with Crippen molar-refractivity contribution in [3.63, 3.8) is 0 Å². The lowest BCUT2D eigenvalue weighted by molar-refractivity contribution is 0.222. The quantitative estimate of drug-likeness (QED) is 0.851. The third-order valence-corrected chi connectivity index (χ3v) is 4.40. The monoisotopic (exact) mass is 235 g/mol. The third-order valence-electron chi connectivity index (χ3n) is 3.20. The van der Waals surface area contributed by atoms with Gasteiger partial charge in [-0.15, -0.1) is 11.8 Å². The Morgan fingerprint density at radius 3 is 3.25 bits per heavy atom. The van der Waals surface area contributed by atoms with Crippen LogP contribution >= 0.6 is 11.8 Å². The summed E-state index contributed by atoms with van der Waals surface area (Å²) < 4.78 is 5.97. The molecule has 0 saturated carbocycles. The smallest absolute Gasteiger partial charge is 0.120 e. The third kappa shape index (κ3) is 2.20. The molecule has 0 bridgehead atoms. The second-order valence-electron chi connectivity index (χ2n) is 4.45. The molecule has 2 heterocycles. The van der Waals surface area contributed by atoms with Gasteiger partial charge in [0.1, 0.15) is 11.9 Å². The van der Waals surface area contributed by atoms with E-state index in [2.05, 4.69) is 23.5 Å². The lowest BCUT2D eigenvalue weighted by Gasteiger charge is -2.18. The Kier molecular flexibility index (Phi) is 3.06. The van der Waals surface area contributed by atoms with Crippen molar-refractivity contribution in [2.45, 2.75) is 30.3 Å². The van der Waals surface area contributed by atoms with Crippen molar-refractivity contribution in [2.75, 3.05) is 18.8 Å². The Morgan fingerprint density at radius 2 is 2.38 bits per heavy atom. The molecule has 2 nitrogen and oxygen atoms in total. The largest absolute Gasteiger partial charge is 0.489 e. The standard InChI is InChI=1S/C13H17NOS/c1-2-10-8-11(3-4-13(10)16-7-1)15-12-5-6-14-9-12/h3-4,8,12,14H,1-2,5-7,9H2. The first-order valence-electron chi connectivity index (χ1n) is 6.05. The van der Waals surface area contributed by atoms with Crippen LogP contribution in [0.25, 0.3) is 0 Å². The molecule has 16 heavy (non-hydrogen) atoms. The van der Waals surface area contributed by atoms with Crippen LogP contribution in [-0.4, -0.2) is 24.9 Å². The Labute approximate surface area is 101 Å². The number of fused-ring (bicyclic) bond motifs is 1. The normalized spacial score (nSPS) is 24.1. The van der Waals surface area contributed by atoms with E-state index < -0.39 is 0 Å². The maximum atomic E-state index is 5.97. The summed E-state index contributed by atoms with van der Waals surface area (Å²) in [7, 11) is 0. The summed E-state index contributed by atoms with van der Waals surface area (Å²) in [6, 6.07) is 6.58. The average molecular weight is 235 g/mol. The molecule has 1 atom stereocenters. The van der Waals surface area contributed by atoms with Gasteiger partial charge >= 0.3 is 0 Å². The predicted octanol–water partition coefficient (Wildman–Crippen LogP) is 2.47. The van der Waals surface area contributed by atoms with E-state index in [9.17, 15) is 0 Å². The Morgan fingerprint density at radius 1 is 1.38 bits per heavy atom. The first kappa shape index (κ1) is 10.5. The fourth-order valence-electron chi connectivity index (χ4n) is 2.33. The Hall–Kier alpha value is -0.670. The number of ether oxygens (including phenoxy) is 1. The lowest BCUT2D eigenvalue weighted by Crippen LogP contribution is -2.19. The average Bonchev–Trinajstić information content (AvgIpc) is 2.82. The number of hydrogen-bond acceptors (Lipinski definition) is 3. The molecule has 2 aliphatic heterocycles. The van der Waals surface area contributed by atoms with Gasteiger partial charge in [-0.1, -0.05) is 0 Å². The van der Waals surface area contributed by atoms with Gasteiger partial charge in [-0.2, -0.15) is 0 Å². The van der Waals surface area contributed by atoms with Gasteiger partial charge in [0.15, 0.2) is 0 Å². The van der Waals surface area contributed by atoms with E-state index in [-0.39, 0.29) is 0 Å². The van der Waals surface area contributed by atoms with E-state index in [1.54, 1.807) is 0 Å². The van der Waals surface area contributed by atoms with Crippen molar-refractivity contribution in [3.8, 4) is 5.75 Å². The molecule has 0 amide bonds. The number of benzene rings is 1. The van der Waals surface area contributed by atoms with Crippen LogP contribution in [0.5, 0.6) is 5.75 Å². The van der Waals surface area contributed by atoms with E-state index in [1.807, 2.05) is 11.8 Å². The highest BCUT2D eigenvalue weighted by molar-refractivity contribution is 7.99. The maximum absolute atomic E-state index is 5.97. The summed E-state index contributed by atoms with van der Waals surface area (Å²) in [4.78, 5) is 1.45. The number of aryl methyl sites for hydroxylation is 1. The molecular formula is C13H17NOS. The molecule has 86 valence electrons. The molecule has 1 unspecified atom stereocenters. The molecular weight excluding hydrogens is 218 g/mol. The van der Waals surface area contributed by atoms with Crippen LogP contribution in [-0.2, 0) is 6.42 Å². The topological polar surface area (TPSA) is 21.3 Å². The van der Waals surface area contributed by atoms with E-state index in [0.717, 1.165) is 25.3 Å². The zero-order chi connectivity index (χ0) is 10.8. The molecule has 0 aliphatic carbocycles. The second-order valence-corrected chi connectivity index (χ2v) is 5.59. The molecule has 0 aromatic heterocycles. The van der Waals surface area contributed by atoms with Crippen LogP contribution in [0.2, 0.25) is 0 Å². The fraction of sp³-hybridized carbons (Fsp3) is 0.538. The molecule has 0 spiro atoms. The molecule has 1 aromatic rings.